The van der Waals surface area contributed by atoms with Gasteiger partial charge in [-0.1, -0.05) is 32.4 Å². The fourth-order valence-electron chi connectivity index (χ4n) is 2.52. The van der Waals surface area contributed by atoms with Gasteiger partial charge in [-0.05, 0) is 37.5 Å². The molecule has 1 aromatic rings. The van der Waals surface area contributed by atoms with Gasteiger partial charge in [-0.15, -0.1) is 0 Å². The van der Waals surface area contributed by atoms with E-state index in [1.54, 1.807) is 19.1 Å². The highest BCUT2D eigenvalue weighted by molar-refractivity contribution is 5.74. The van der Waals surface area contributed by atoms with Gasteiger partial charge in [-0.2, -0.15) is 0 Å². The smallest absolute Gasteiger partial charge is 0.318 e. The van der Waals surface area contributed by atoms with Gasteiger partial charge in [0.2, 0.25) is 0 Å². The van der Waals surface area contributed by atoms with Crippen LogP contribution in [0.2, 0.25) is 0 Å². The van der Waals surface area contributed by atoms with E-state index in [0.717, 1.165) is 12.8 Å². The Labute approximate surface area is 141 Å². The van der Waals surface area contributed by atoms with Crippen LogP contribution in [0.5, 0.6) is 5.75 Å². The fraction of sp³-hybridized carbons (Fsp3) is 0.611. The highest BCUT2D eigenvalue weighted by Crippen LogP contribution is 2.38. The third kappa shape index (κ3) is 4.90. The summed E-state index contributed by atoms with van der Waals surface area (Å²) >= 11 is 0. The zero-order valence-corrected chi connectivity index (χ0v) is 14.4. The van der Waals surface area contributed by atoms with E-state index in [2.05, 4.69) is 0 Å². The molecule has 0 spiro atoms. The molecule has 0 aliphatic rings. The Balaban J connectivity index is 3.04. The van der Waals surface area contributed by atoms with Crippen LogP contribution in [0.1, 0.15) is 45.6 Å². The first kappa shape index (κ1) is 20.4. The Hall–Kier alpha value is -1.69. The van der Waals surface area contributed by atoms with Crippen molar-refractivity contribution in [3.05, 3.63) is 29.8 Å². The SMILES string of the molecule is CCCCOc1ccc(C(O)(CC)C(C(=O)OCC)C(F)F)cc1. The Kier molecular flexibility index (Phi) is 8.11. The second kappa shape index (κ2) is 9.57. The van der Waals surface area contributed by atoms with E-state index < -0.39 is 23.9 Å². The van der Waals surface area contributed by atoms with Gasteiger partial charge >= 0.3 is 5.97 Å². The monoisotopic (exact) mass is 344 g/mol. The lowest BCUT2D eigenvalue weighted by Gasteiger charge is -2.34. The van der Waals surface area contributed by atoms with E-state index >= 15 is 0 Å². The maximum atomic E-state index is 13.4. The van der Waals surface area contributed by atoms with Crippen molar-refractivity contribution in [2.24, 2.45) is 5.92 Å². The van der Waals surface area contributed by atoms with Gasteiger partial charge in [0.15, 0.2) is 5.92 Å². The first-order valence-corrected chi connectivity index (χ1v) is 8.31. The molecule has 24 heavy (non-hydrogen) atoms. The van der Waals surface area contributed by atoms with E-state index in [1.807, 2.05) is 6.92 Å². The number of ether oxygens (including phenoxy) is 2. The van der Waals surface area contributed by atoms with Crippen molar-refractivity contribution in [3.63, 3.8) is 0 Å². The van der Waals surface area contributed by atoms with E-state index in [1.165, 1.54) is 19.1 Å². The van der Waals surface area contributed by atoms with E-state index in [4.69, 9.17) is 9.47 Å². The number of esters is 1. The number of halogens is 2. The Morgan fingerprint density at radius 1 is 1.21 bits per heavy atom. The summed E-state index contributed by atoms with van der Waals surface area (Å²) in [6, 6.07) is 6.25. The minimum absolute atomic E-state index is 0.0218. The first-order chi connectivity index (χ1) is 11.4. The van der Waals surface area contributed by atoms with Gasteiger partial charge in [-0.25, -0.2) is 8.78 Å². The number of aliphatic hydroxyl groups is 1. The molecule has 1 aromatic carbocycles. The van der Waals surface area contributed by atoms with Crippen LogP contribution in [0, 0.1) is 5.92 Å². The zero-order valence-electron chi connectivity index (χ0n) is 14.4. The molecule has 0 bridgehead atoms. The maximum Gasteiger partial charge on any atom is 0.318 e. The Morgan fingerprint density at radius 2 is 1.83 bits per heavy atom. The van der Waals surface area contributed by atoms with Crippen LogP contribution in [0.15, 0.2) is 24.3 Å². The van der Waals surface area contributed by atoms with E-state index in [9.17, 15) is 18.7 Å². The molecule has 6 heteroatoms. The molecule has 136 valence electrons. The summed E-state index contributed by atoms with van der Waals surface area (Å²) < 4.78 is 37.1. The molecule has 2 unspecified atom stereocenters. The van der Waals surface area contributed by atoms with Crippen molar-refractivity contribution in [1.82, 2.24) is 0 Å². The lowest BCUT2D eigenvalue weighted by molar-refractivity contribution is -0.172. The van der Waals surface area contributed by atoms with Gasteiger partial charge in [0.05, 0.1) is 13.2 Å². The molecule has 0 aromatic heterocycles. The van der Waals surface area contributed by atoms with Crippen molar-refractivity contribution in [1.29, 1.82) is 0 Å². The molecule has 4 nitrogen and oxygen atoms in total. The van der Waals surface area contributed by atoms with Gasteiger partial charge < -0.3 is 14.6 Å². The minimum Gasteiger partial charge on any atom is -0.494 e. The number of benzene rings is 1. The summed E-state index contributed by atoms with van der Waals surface area (Å²) in [7, 11) is 0. The van der Waals surface area contributed by atoms with Gasteiger partial charge in [0.1, 0.15) is 11.4 Å². The first-order valence-electron chi connectivity index (χ1n) is 8.31. The molecule has 2 atom stereocenters. The summed E-state index contributed by atoms with van der Waals surface area (Å²) in [5, 5.41) is 10.8. The molecular formula is C18H26F2O4. The molecule has 0 aliphatic carbocycles. The number of hydrogen-bond acceptors (Lipinski definition) is 4. The normalized spacial score (nSPS) is 15.0. The maximum absolute atomic E-state index is 13.4. The van der Waals surface area contributed by atoms with Crippen molar-refractivity contribution < 1.29 is 28.2 Å². The second-order valence-electron chi connectivity index (χ2n) is 5.57. The largest absolute Gasteiger partial charge is 0.494 e. The van der Waals surface area contributed by atoms with Gasteiger partial charge in [0, 0.05) is 0 Å². The topological polar surface area (TPSA) is 55.8 Å². The molecule has 0 saturated carbocycles. The third-order valence-corrected chi connectivity index (χ3v) is 3.97. The summed E-state index contributed by atoms with van der Waals surface area (Å²) in [6.07, 6.45) is -1.16. The quantitative estimate of drug-likeness (QED) is 0.516. The Morgan fingerprint density at radius 3 is 2.29 bits per heavy atom. The van der Waals surface area contributed by atoms with Crippen molar-refractivity contribution in [2.45, 2.75) is 52.1 Å². The van der Waals surface area contributed by atoms with Crippen LogP contribution in [-0.2, 0) is 15.1 Å². The van der Waals surface area contributed by atoms with Crippen LogP contribution in [0.25, 0.3) is 0 Å². The van der Waals surface area contributed by atoms with E-state index in [0.29, 0.717) is 12.4 Å². The summed E-state index contributed by atoms with van der Waals surface area (Å²) in [5.74, 6) is -2.44. The molecule has 0 fully saturated rings. The van der Waals surface area contributed by atoms with Crippen molar-refractivity contribution in [3.8, 4) is 5.75 Å². The van der Waals surface area contributed by atoms with Crippen LogP contribution in [0.3, 0.4) is 0 Å². The molecule has 0 aliphatic heterocycles. The molecule has 0 heterocycles. The number of rotatable bonds is 10. The molecule has 0 radical (unpaired) electrons. The predicted molar refractivity (Wildman–Crippen MR) is 87.2 cm³/mol. The van der Waals surface area contributed by atoms with Gasteiger partial charge in [0.25, 0.3) is 6.43 Å². The minimum atomic E-state index is -3.03. The van der Waals surface area contributed by atoms with Crippen molar-refractivity contribution >= 4 is 5.97 Å². The fourth-order valence-corrected chi connectivity index (χ4v) is 2.52. The number of alkyl halides is 2. The van der Waals surface area contributed by atoms with Crippen LogP contribution >= 0.6 is 0 Å². The molecule has 0 saturated heterocycles. The molecular weight excluding hydrogens is 318 g/mol. The number of carbonyl (C=O) groups excluding carboxylic acids is 1. The lowest BCUT2D eigenvalue weighted by Crippen LogP contribution is -2.44. The number of carbonyl (C=O) groups is 1. The second-order valence-corrected chi connectivity index (χ2v) is 5.57. The van der Waals surface area contributed by atoms with E-state index in [-0.39, 0.29) is 18.6 Å². The average molecular weight is 344 g/mol. The van der Waals surface area contributed by atoms with Crippen LogP contribution in [-0.4, -0.2) is 30.7 Å². The predicted octanol–water partition coefficient (Wildman–Crippen LogP) is 3.91. The van der Waals surface area contributed by atoms with Crippen LogP contribution < -0.4 is 4.74 Å². The zero-order chi connectivity index (χ0) is 18.2. The highest BCUT2D eigenvalue weighted by Gasteiger charge is 2.48. The number of unbranched alkanes of at least 4 members (excludes halogenated alkanes) is 1. The summed E-state index contributed by atoms with van der Waals surface area (Å²) in [5.41, 5.74) is -1.76. The Bertz CT molecular complexity index is 504. The summed E-state index contributed by atoms with van der Waals surface area (Å²) in [6.45, 7) is 5.68. The standard InChI is InChI=1S/C18H26F2O4/c1-4-7-12-24-14-10-8-13(9-11-14)18(22,5-2)15(16(19)20)17(21)23-6-3/h8-11,15-16,22H,4-7,12H2,1-3H3. The van der Waals surface area contributed by atoms with Crippen LogP contribution in [0.4, 0.5) is 8.78 Å². The molecule has 1 rings (SSSR count). The lowest BCUT2D eigenvalue weighted by atomic mass is 9.79. The van der Waals surface area contributed by atoms with Crippen molar-refractivity contribution in [2.75, 3.05) is 13.2 Å². The third-order valence-electron chi connectivity index (χ3n) is 3.97. The average Bonchev–Trinajstić information content (AvgIpc) is 2.55. The molecule has 1 N–H and O–H groups in total. The molecule has 0 amide bonds. The number of hydrogen-bond donors (Lipinski definition) is 1. The highest BCUT2D eigenvalue weighted by atomic mass is 19.3. The van der Waals surface area contributed by atoms with Gasteiger partial charge in [-0.3, -0.25) is 4.79 Å². The summed E-state index contributed by atoms with van der Waals surface area (Å²) in [4.78, 5) is 11.9.